The summed E-state index contributed by atoms with van der Waals surface area (Å²) in [5.74, 6) is 0. The predicted octanol–water partition coefficient (Wildman–Crippen LogP) is 2.51. The van der Waals surface area contributed by atoms with Crippen molar-refractivity contribution in [3.8, 4) is 5.69 Å². The van der Waals surface area contributed by atoms with Crippen LogP contribution in [0.15, 0.2) is 28.9 Å². The largest absolute Gasteiger partial charge is 0.417 e. The van der Waals surface area contributed by atoms with E-state index in [2.05, 4.69) is 26.2 Å². The number of hydrogen-bond donors (Lipinski definition) is 1. The Morgan fingerprint density at radius 1 is 1.33 bits per heavy atom. The summed E-state index contributed by atoms with van der Waals surface area (Å²) in [5, 5.41) is 7.43. The molecular formula is C10H8BrF3N4. The quantitative estimate of drug-likeness (QED) is 0.925. The summed E-state index contributed by atoms with van der Waals surface area (Å²) in [6.45, 7) is 0.183. The SMILES string of the molecule is NCc1cn(-c2ccc(Br)c(C(F)(F)F)c2)nn1. The van der Waals surface area contributed by atoms with Crippen LogP contribution < -0.4 is 5.73 Å². The zero-order chi connectivity index (χ0) is 13.3. The molecular weight excluding hydrogens is 313 g/mol. The van der Waals surface area contributed by atoms with Crippen molar-refractivity contribution in [1.29, 1.82) is 0 Å². The Labute approximate surface area is 109 Å². The van der Waals surface area contributed by atoms with Gasteiger partial charge in [-0.2, -0.15) is 13.2 Å². The standard InChI is InChI=1S/C10H8BrF3N4/c11-9-2-1-7(3-8(9)10(12,13)14)18-5-6(4-15)16-17-18/h1-3,5H,4,15H2. The van der Waals surface area contributed by atoms with Crippen molar-refractivity contribution < 1.29 is 13.2 Å². The molecule has 0 aliphatic rings. The molecule has 2 N–H and O–H groups in total. The fourth-order valence-electron chi connectivity index (χ4n) is 1.39. The van der Waals surface area contributed by atoms with E-state index in [4.69, 9.17) is 5.73 Å². The summed E-state index contributed by atoms with van der Waals surface area (Å²) in [4.78, 5) is 0. The van der Waals surface area contributed by atoms with Crippen molar-refractivity contribution in [2.45, 2.75) is 12.7 Å². The number of nitrogens with zero attached hydrogens (tertiary/aromatic N) is 3. The molecule has 8 heteroatoms. The van der Waals surface area contributed by atoms with E-state index in [1.165, 1.54) is 23.0 Å². The first-order valence-corrected chi connectivity index (χ1v) is 5.69. The molecule has 0 fully saturated rings. The maximum absolute atomic E-state index is 12.7. The lowest BCUT2D eigenvalue weighted by atomic mass is 10.2. The lowest BCUT2D eigenvalue weighted by Crippen LogP contribution is -2.07. The Kier molecular flexibility index (Phi) is 3.40. The van der Waals surface area contributed by atoms with Gasteiger partial charge in [0.05, 0.1) is 23.1 Å². The fourth-order valence-corrected chi connectivity index (χ4v) is 1.86. The molecule has 0 unspecified atom stereocenters. The van der Waals surface area contributed by atoms with Gasteiger partial charge in [0.1, 0.15) is 0 Å². The minimum absolute atomic E-state index is 0.0158. The van der Waals surface area contributed by atoms with Crippen molar-refractivity contribution in [1.82, 2.24) is 15.0 Å². The molecule has 0 aliphatic carbocycles. The lowest BCUT2D eigenvalue weighted by Gasteiger charge is -2.10. The van der Waals surface area contributed by atoms with E-state index >= 15 is 0 Å². The summed E-state index contributed by atoms with van der Waals surface area (Å²) in [7, 11) is 0. The van der Waals surface area contributed by atoms with Gasteiger partial charge in [0.25, 0.3) is 0 Å². The van der Waals surface area contributed by atoms with Gasteiger partial charge in [0.15, 0.2) is 0 Å². The molecule has 0 radical (unpaired) electrons. The first-order chi connectivity index (χ1) is 8.41. The van der Waals surface area contributed by atoms with Crippen molar-refractivity contribution in [3.63, 3.8) is 0 Å². The Hall–Kier alpha value is -1.41. The third kappa shape index (κ3) is 2.54. The average Bonchev–Trinajstić information content (AvgIpc) is 2.76. The molecule has 0 saturated heterocycles. The fraction of sp³-hybridized carbons (Fsp3) is 0.200. The summed E-state index contributed by atoms with van der Waals surface area (Å²) in [6, 6.07) is 3.83. The molecule has 0 bridgehead atoms. The number of rotatable bonds is 2. The number of hydrogen-bond acceptors (Lipinski definition) is 3. The number of benzene rings is 1. The number of nitrogens with two attached hydrogens (primary N) is 1. The van der Waals surface area contributed by atoms with Crippen LogP contribution in [0.4, 0.5) is 13.2 Å². The van der Waals surface area contributed by atoms with Crippen LogP contribution in [-0.4, -0.2) is 15.0 Å². The first-order valence-electron chi connectivity index (χ1n) is 4.90. The van der Waals surface area contributed by atoms with Gasteiger partial charge < -0.3 is 5.73 Å². The van der Waals surface area contributed by atoms with E-state index in [9.17, 15) is 13.2 Å². The molecule has 0 saturated carbocycles. The Balaban J connectivity index is 2.47. The van der Waals surface area contributed by atoms with Gasteiger partial charge in [0.2, 0.25) is 0 Å². The highest BCUT2D eigenvalue weighted by atomic mass is 79.9. The molecule has 4 nitrogen and oxygen atoms in total. The van der Waals surface area contributed by atoms with Crippen LogP contribution in [0.1, 0.15) is 11.3 Å². The van der Waals surface area contributed by atoms with Crippen LogP contribution >= 0.6 is 15.9 Å². The zero-order valence-corrected chi connectivity index (χ0v) is 10.5. The molecule has 0 amide bonds. The Morgan fingerprint density at radius 3 is 2.61 bits per heavy atom. The van der Waals surface area contributed by atoms with Crippen LogP contribution in [0.2, 0.25) is 0 Å². The molecule has 1 aromatic heterocycles. The minimum Gasteiger partial charge on any atom is -0.325 e. The van der Waals surface area contributed by atoms with Crippen LogP contribution in [0.5, 0.6) is 0 Å². The molecule has 1 aromatic carbocycles. The van der Waals surface area contributed by atoms with E-state index in [1.807, 2.05) is 0 Å². The van der Waals surface area contributed by atoms with E-state index < -0.39 is 11.7 Å². The van der Waals surface area contributed by atoms with Gasteiger partial charge in [-0.1, -0.05) is 21.1 Å². The zero-order valence-electron chi connectivity index (χ0n) is 8.95. The molecule has 0 aliphatic heterocycles. The van der Waals surface area contributed by atoms with E-state index in [-0.39, 0.29) is 16.7 Å². The summed E-state index contributed by atoms with van der Waals surface area (Å²) in [6.07, 6.45) is -2.94. The highest BCUT2D eigenvalue weighted by Crippen LogP contribution is 2.35. The summed E-state index contributed by atoms with van der Waals surface area (Å²) < 4.78 is 39.4. The van der Waals surface area contributed by atoms with Crippen molar-refractivity contribution in [3.05, 3.63) is 40.1 Å². The molecule has 2 aromatic rings. The lowest BCUT2D eigenvalue weighted by molar-refractivity contribution is -0.138. The maximum atomic E-state index is 12.7. The van der Waals surface area contributed by atoms with Crippen molar-refractivity contribution in [2.24, 2.45) is 5.73 Å². The Bertz CT molecular complexity index is 564. The van der Waals surface area contributed by atoms with Crippen molar-refractivity contribution >= 4 is 15.9 Å². The second-order valence-electron chi connectivity index (χ2n) is 3.52. The van der Waals surface area contributed by atoms with E-state index in [0.717, 1.165) is 6.07 Å². The summed E-state index contributed by atoms with van der Waals surface area (Å²) >= 11 is 2.87. The molecule has 1 heterocycles. The highest BCUT2D eigenvalue weighted by Gasteiger charge is 2.33. The number of alkyl halides is 3. The normalized spacial score (nSPS) is 11.8. The number of aromatic nitrogens is 3. The van der Waals surface area contributed by atoms with E-state index in [1.54, 1.807) is 0 Å². The second kappa shape index (κ2) is 4.69. The van der Waals surface area contributed by atoms with Crippen LogP contribution in [0.25, 0.3) is 5.69 Å². The topological polar surface area (TPSA) is 56.7 Å². The van der Waals surface area contributed by atoms with Gasteiger partial charge in [-0.15, -0.1) is 5.10 Å². The third-order valence-corrected chi connectivity index (χ3v) is 2.96. The van der Waals surface area contributed by atoms with Gasteiger partial charge in [-0.25, -0.2) is 4.68 Å². The molecule has 96 valence electrons. The van der Waals surface area contributed by atoms with Gasteiger partial charge >= 0.3 is 6.18 Å². The second-order valence-corrected chi connectivity index (χ2v) is 4.37. The minimum atomic E-state index is -4.42. The first kappa shape index (κ1) is 13.0. The maximum Gasteiger partial charge on any atom is 0.417 e. The predicted molar refractivity (Wildman–Crippen MR) is 62.0 cm³/mol. The number of halogens is 4. The smallest absolute Gasteiger partial charge is 0.325 e. The van der Waals surface area contributed by atoms with Gasteiger partial charge in [0, 0.05) is 11.0 Å². The molecule has 2 rings (SSSR count). The highest BCUT2D eigenvalue weighted by molar-refractivity contribution is 9.10. The monoisotopic (exact) mass is 320 g/mol. The van der Waals surface area contributed by atoms with Crippen molar-refractivity contribution in [2.75, 3.05) is 0 Å². The van der Waals surface area contributed by atoms with E-state index in [0.29, 0.717) is 5.69 Å². The summed E-state index contributed by atoms with van der Waals surface area (Å²) in [5.41, 5.74) is 5.38. The van der Waals surface area contributed by atoms with Crippen LogP contribution in [0, 0.1) is 0 Å². The third-order valence-electron chi connectivity index (χ3n) is 2.27. The van der Waals surface area contributed by atoms with Crippen LogP contribution in [-0.2, 0) is 12.7 Å². The van der Waals surface area contributed by atoms with Gasteiger partial charge in [-0.05, 0) is 18.2 Å². The van der Waals surface area contributed by atoms with Crippen LogP contribution in [0.3, 0.4) is 0 Å². The molecule has 0 spiro atoms. The Morgan fingerprint density at radius 2 is 2.06 bits per heavy atom. The molecule has 18 heavy (non-hydrogen) atoms. The molecule has 0 atom stereocenters. The van der Waals surface area contributed by atoms with Gasteiger partial charge in [-0.3, -0.25) is 0 Å². The average molecular weight is 321 g/mol.